The van der Waals surface area contributed by atoms with E-state index < -0.39 is 4.92 Å². The minimum absolute atomic E-state index is 0.00754. The lowest BCUT2D eigenvalue weighted by atomic mass is 9.90. The maximum Gasteiger partial charge on any atom is 0.311 e. The molecule has 0 unspecified atom stereocenters. The normalized spacial score (nSPS) is 15.0. The van der Waals surface area contributed by atoms with Crippen LogP contribution < -0.4 is 0 Å². The number of hydrogen-bond acceptors (Lipinski definition) is 5. The maximum absolute atomic E-state index is 12.6. The summed E-state index contributed by atoms with van der Waals surface area (Å²) < 4.78 is 1.43. The first-order valence-electron chi connectivity index (χ1n) is 8.52. The molecule has 0 aliphatic carbocycles. The SMILES string of the molecule is CC(=O)N1CCC(C(=O)Cc2nn(-c3ccccc3)cc2[N+](=O)[O-])CC1. The first-order chi connectivity index (χ1) is 12.5. The summed E-state index contributed by atoms with van der Waals surface area (Å²) in [5, 5.41) is 15.6. The molecule has 1 aromatic heterocycles. The standard InChI is InChI=1S/C18H20N4O4/c1-13(23)20-9-7-14(8-10-20)18(24)11-16-17(22(25)26)12-21(19-16)15-5-3-2-4-6-15/h2-6,12,14H,7-11H2,1H3. The van der Waals surface area contributed by atoms with Crippen LogP contribution in [0.5, 0.6) is 0 Å². The third kappa shape index (κ3) is 3.79. The summed E-state index contributed by atoms with van der Waals surface area (Å²) in [6, 6.07) is 9.06. The molecule has 0 spiro atoms. The number of Topliss-reactive ketones (excluding diaryl/α,β-unsaturated/α-hetero) is 1. The second kappa shape index (κ2) is 7.47. The lowest BCUT2D eigenvalue weighted by molar-refractivity contribution is -0.385. The molecule has 1 saturated heterocycles. The fourth-order valence-corrected chi connectivity index (χ4v) is 3.22. The smallest absolute Gasteiger partial charge is 0.311 e. The maximum atomic E-state index is 12.6. The zero-order chi connectivity index (χ0) is 18.7. The van der Waals surface area contributed by atoms with E-state index in [9.17, 15) is 19.7 Å². The number of nitrogens with zero attached hydrogens (tertiary/aromatic N) is 4. The van der Waals surface area contributed by atoms with Crippen molar-refractivity contribution in [2.24, 2.45) is 5.92 Å². The molecule has 2 heterocycles. The van der Waals surface area contributed by atoms with Crippen LogP contribution >= 0.6 is 0 Å². The number of para-hydroxylation sites is 1. The van der Waals surface area contributed by atoms with E-state index in [1.54, 1.807) is 17.0 Å². The molecular formula is C18H20N4O4. The molecule has 0 radical (unpaired) electrons. The van der Waals surface area contributed by atoms with Gasteiger partial charge in [-0.05, 0) is 25.0 Å². The Hall–Kier alpha value is -3.03. The highest BCUT2D eigenvalue weighted by atomic mass is 16.6. The Morgan fingerprint density at radius 1 is 1.23 bits per heavy atom. The average Bonchev–Trinajstić information content (AvgIpc) is 3.06. The van der Waals surface area contributed by atoms with Gasteiger partial charge >= 0.3 is 5.69 Å². The number of likely N-dealkylation sites (tertiary alicyclic amines) is 1. The van der Waals surface area contributed by atoms with Crippen molar-refractivity contribution in [2.45, 2.75) is 26.2 Å². The Labute approximate surface area is 150 Å². The molecule has 1 aliphatic rings. The van der Waals surface area contributed by atoms with Crippen molar-refractivity contribution < 1.29 is 14.5 Å². The van der Waals surface area contributed by atoms with Crippen molar-refractivity contribution in [1.29, 1.82) is 0 Å². The fourth-order valence-electron chi connectivity index (χ4n) is 3.22. The Balaban J connectivity index is 1.75. The predicted octanol–water partition coefficient (Wildman–Crippen LogP) is 2.15. The van der Waals surface area contributed by atoms with Crippen LogP contribution in [0, 0.1) is 16.0 Å². The molecule has 0 bridgehead atoms. The molecule has 3 rings (SSSR count). The van der Waals surface area contributed by atoms with Crippen molar-refractivity contribution in [3.63, 3.8) is 0 Å². The number of aromatic nitrogens is 2. The van der Waals surface area contributed by atoms with Gasteiger partial charge in [-0.1, -0.05) is 18.2 Å². The topological polar surface area (TPSA) is 98.3 Å². The average molecular weight is 356 g/mol. The van der Waals surface area contributed by atoms with Gasteiger partial charge in [0.25, 0.3) is 0 Å². The van der Waals surface area contributed by atoms with Crippen LogP contribution in [0.4, 0.5) is 5.69 Å². The van der Waals surface area contributed by atoms with Gasteiger partial charge in [0.15, 0.2) is 0 Å². The quantitative estimate of drug-likeness (QED) is 0.604. The summed E-state index contributed by atoms with van der Waals surface area (Å²) in [5.41, 5.74) is 0.727. The minimum atomic E-state index is -0.507. The first kappa shape index (κ1) is 17.8. The number of ketones is 1. The van der Waals surface area contributed by atoms with Gasteiger partial charge in [0.05, 0.1) is 17.0 Å². The first-order valence-corrected chi connectivity index (χ1v) is 8.52. The third-order valence-corrected chi connectivity index (χ3v) is 4.72. The monoisotopic (exact) mass is 356 g/mol. The van der Waals surface area contributed by atoms with Crippen LogP contribution in [0.2, 0.25) is 0 Å². The van der Waals surface area contributed by atoms with E-state index in [2.05, 4.69) is 5.10 Å². The van der Waals surface area contributed by atoms with Gasteiger partial charge in [0.1, 0.15) is 17.7 Å². The van der Waals surface area contributed by atoms with E-state index >= 15 is 0 Å². The van der Waals surface area contributed by atoms with Gasteiger partial charge < -0.3 is 4.90 Å². The minimum Gasteiger partial charge on any atom is -0.343 e. The van der Waals surface area contributed by atoms with Gasteiger partial charge in [0, 0.05) is 25.9 Å². The Morgan fingerprint density at radius 3 is 2.46 bits per heavy atom. The summed E-state index contributed by atoms with van der Waals surface area (Å²) in [5.74, 6) is -0.241. The summed E-state index contributed by atoms with van der Waals surface area (Å²) in [4.78, 5) is 36.5. The molecule has 1 aliphatic heterocycles. The highest BCUT2D eigenvalue weighted by molar-refractivity contribution is 5.84. The number of nitro groups is 1. The molecule has 0 saturated carbocycles. The van der Waals surface area contributed by atoms with E-state index in [0.717, 1.165) is 0 Å². The van der Waals surface area contributed by atoms with Crippen LogP contribution in [0.15, 0.2) is 36.5 Å². The van der Waals surface area contributed by atoms with Crippen LogP contribution in [-0.2, 0) is 16.0 Å². The van der Waals surface area contributed by atoms with E-state index in [1.165, 1.54) is 17.8 Å². The van der Waals surface area contributed by atoms with Gasteiger partial charge in [-0.3, -0.25) is 19.7 Å². The highest BCUT2D eigenvalue weighted by Crippen LogP contribution is 2.24. The Morgan fingerprint density at radius 2 is 1.88 bits per heavy atom. The molecule has 0 atom stereocenters. The number of hydrogen-bond donors (Lipinski definition) is 0. The molecule has 136 valence electrons. The van der Waals surface area contributed by atoms with Crippen LogP contribution in [-0.4, -0.2) is 44.4 Å². The van der Waals surface area contributed by atoms with Crippen molar-refractivity contribution in [2.75, 3.05) is 13.1 Å². The zero-order valence-electron chi connectivity index (χ0n) is 14.5. The van der Waals surface area contributed by atoms with Crippen molar-refractivity contribution in [1.82, 2.24) is 14.7 Å². The molecule has 26 heavy (non-hydrogen) atoms. The van der Waals surface area contributed by atoms with Crippen molar-refractivity contribution in [3.05, 3.63) is 52.3 Å². The van der Waals surface area contributed by atoms with E-state index in [0.29, 0.717) is 31.6 Å². The molecule has 2 aromatic rings. The molecular weight excluding hydrogens is 336 g/mol. The van der Waals surface area contributed by atoms with Crippen molar-refractivity contribution in [3.8, 4) is 5.69 Å². The second-order valence-electron chi connectivity index (χ2n) is 6.42. The number of carbonyl (C=O) groups excluding carboxylic acids is 2. The van der Waals surface area contributed by atoms with Gasteiger partial charge in [-0.25, -0.2) is 4.68 Å². The van der Waals surface area contributed by atoms with Gasteiger partial charge in [0.2, 0.25) is 5.91 Å². The molecule has 8 heteroatoms. The molecule has 0 N–H and O–H groups in total. The Kier molecular flexibility index (Phi) is 5.11. The number of piperidine rings is 1. The fraction of sp³-hybridized carbons (Fsp3) is 0.389. The van der Waals surface area contributed by atoms with Crippen molar-refractivity contribution >= 4 is 17.4 Å². The van der Waals surface area contributed by atoms with E-state index in [1.807, 2.05) is 18.2 Å². The summed E-state index contributed by atoms with van der Waals surface area (Å²) >= 11 is 0. The molecule has 1 fully saturated rings. The van der Waals surface area contributed by atoms with Crippen LogP contribution in [0.3, 0.4) is 0 Å². The second-order valence-corrected chi connectivity index (χ2v) is 6.42. The van der Waals surface area contributed by atoms with Crippen LogP contribution in [0.25, 0.3) is 5.69 Å². The Bertz CT molecular complexity index is 823. The number of amides is 1. The van der Waals surface area contributed by atoms with E-state index in [-0.39, 0.29) is 35.4 Å². The summed E-state index contributed by atoms with van der Waals surface area (Å²) in [6.45, 7) is 2.61. The lowest BCUT2D eigenvalue weighted by Crippen LogP contribution is -2.39. The predicted molar refractivity (Wildman–Crippen MR) is 93.9 cm³/mol. The molecule has 1 amide bonds. The lowest BCUT2D eigenvalue weighted by Gasteiger charge is -2.30. The van der Waals surface area contributed by atoms with Gasteiger partial charge in [-0.2, -0.15) is 5.10 Å². The molecule has 1 aromatic carbocycles. The summed E-state index contributed by atoms with van der Waals surface area (Å²) in [6.07, 6.45) is 2.45. The highest BCUT2D eigenvalue weighted by Gasteiger charge is 2.29. The van der Waals surface area contributed by atoms with Gasteiger partial charge in [-0.15, -0.1) is 0 Å². The summed E-state index contributed by atoms with van der Waals surface area (Å²) in [7, 11) is 0. The van der Waals surface area contributed by atoms with Crippen LogP contribution in [0.1, 0.15) is 25.5 Å². The number of benzene rings is 1. The number of rotatable bonds is 5. The molecule has 8 nitrogen and oxygen atoms in total. The third-order valence-electron chi connectivity index (χ3n) is 4.72. The number of carbonyl (C=O) groups is 2. The zero-order valence-corrected chi connectivity index (χ0v) is 14.5. The largest absolute Gasteiger partial charge is 0.343 e. The van der Waals surface area contributed by atoms with E-state index in [4.69, 9.17) is 0 Å².